The molecule has 0 radical (unpaired) electrons. The van der Waals surface area contributed by atoms with Crippen molar-refractivity contribution in [2.75, 3.05) is 0 Å². The van der Waals surface area contributed by atoms with E-state index in [9.17, 15) is 0 Å². The molecule has 0 spiro atoms. The van der Waals surface area contributed by atoms with Crippen LogP contribution in [-0.2, 0) is 27.5 Å². The largest absolute Gasteiger partial charge is 2.00 e. The Labute approximate surface area is 297 Å². The molecule has 3 heterocycles. The summed E-state index contributed by atoms with van der Waals surface area (Å²) < 4.78 is 10.6. The van der Waals surface area contributed by atoms with Crippen LogP contribution in [0, 0.1) is 38.8 Å². The fourth-order valence-corrected chi connectivity index (χ4v) is 6.59. The monoisotopic (exact) mass is 811 g/mol. The van der Waals surface area contributed by atoms with Crippen LogP contribution in [0.1, 0.15) is 55.6 Å². The molecule has 0 amide bonds. The van der Waals surface area contributed by atoms with Crippen molar-refractivity contribution in [3.8, 4) is 34.1 Å². The molecule has 0 saturated carbocycles. The van der Waals surface area contributed by atoms with Gasteiger partial charge in [0.2, 0.25) is 0 Å². The van der Waals surface area contributed by atoms with Crippen molar-refractivity contribution >= 4 is 21.8 Å². The van der Waals surface area contributed by atoms with Gasteiger partial charge in [-0.3, -0.25) is 4.68 Å². The minimum atomic E-state index is 0. The number of rotatable bonds is 10. The van der Waals surface area contributed by atoms with Crippen molar-refractivity contribution < 1.29 is 25.8 Å². The smallest absolute Gasteiger partial charge is 0.509 e. The van der Waals surface area contributed by atoms with Gasteiger partial charge in [-0.25, -0.2) is 4.98 Å². The van der Waals surface area contributed by atoms with Crippen LogP contribution < -0.4 is 4.74 Å². The molecule has 48 heavy (non-hydrogen) atoms. The molecule has 0 bridgehead atoms. The molecule has 0 fully saturated rings. The van der Waals surface area contributed by atoms with Crippen LogP contribution in [0.4, 0.5) is 0 Å². The first kappa shape index (κ1) is 33.4. The summed E-state index contributed by atoms with van der Waals surface area (Å²) in [6.45, 7) is 10.8. The molecule has 5 nitrogen and oxygen atoms in total. The predicted molar refractivity (Wildman–Crippen MR) is 192 cm³/mol. The first-order valence-corrected chi connectivity index (χ1v) is 16.6. The van der Waals surface area contributed by atoms with Gasteiger partial charge in [0.05, 0.1) is 5.69 Å². The van der Waals surface area contributed by atoms with Gasteiger partial charge in [-0.2, -0.15) is 17.2 Å². The SMILES string of the molecule is Cc1ccnc(-n2c3[c-]c(Oc4[c-]c(-n5nc(C)c(-c6ccccc6)c5C)ccc4)ccc3c3cc(CCCCC(C)C)ccc32)c1.[Pt+2]. The van der Waals surface area contributed by atoms with E-state index in [1.165, 1.54) is 30.2 Å². The number of unbranched alkanes of at least 4 members (excludes halogenated alkanes) is 1. The summed E-state index contributed by atoms with van der Waals surface area (Å²) in [5, 5.41) is 7.21. The van der Waals surface area contributed by atoms with E-state index < -0.39 is 0 Å². The molecule has 4 aromatic carbocycles. The molecule has 3 aromatic heterocycles. The predicted octanol–water partition coefficient (Wildman–Crippen LogP) is 10.7. The number of hydrogen-bond acceptors (Lipinski definition) is 3. The Morgan fingerprint density at radius 3 is 2.40 bits per heavy atom. The number of ether oxygens (including phenoxy) is 1. The average molecular weight is 812 g/mol. The summed E-state index contributed by atoms with van der Waals surface area (Å²) in [5.41, 5.74) is 9.73. The van der Waals surface area contributed by atoms with Gasteiger partial charge in [0.15, 0.2) is 0 Å². The minimum Gasteiger partial charge on any atom is -0.509 e. The normalized spacial score (nSPS) is 11.4. The first-order chi connectivity index (χ1) is 22.9. The number of fused-ring (bicyclic) bond motifs is 3. The topological polar surface area (TPSA) is 44.9 Å². The maximum absolute atomic E-state index is 6.44. The van der Waals surface area contributed by atoms with E-state index in [1.807, 2.05) is 54.2 Å². The second kappa shape index (κ2) is 14.3. The van der Waals surface area contributed by atoms with Crippen LogP contribution in [0.15, 0.2) is 97.2 Å². The van der Waals surface area contributed by atoms with Crippen LogP contribution >= 0.6 is 0 Å². The quantitative estimate of drug-likeness (QED) is 0.102. The third-order valence-corrected chi connectivity index (χ3v) is 8.90. The minimum absolute atomic E-state index is 0. The maximum Gasteiger partial charge on any atom is 2.00 e. The molecule has 244 valence electrons. The Morgan fingerprint density at radius 1 is 0.792 bits per heavy atom. The summed E-state index contributed by atoms with van der Waals surface area (Å²) >= 11 is 0. The van der Waals surface area contributed by atoms with Crippen molar-refractivity contribution in [3.63, 3.8) is 0 Å². The molecule has 0 saturated heterocycles. The van der Waals surface area contributed by atoms with E-state index in [4.69, 9.17) is 14.8 Å². The van der Waals surface area contributed by atoms with Crippen LogP contribution in [0.5, 0.6) is 11.5 Å². The zero-order valence-electron chi connectivity index (χ0n) is 28.2. The van der Waals surface area contributed by atoms with Gasteiger partial charge in [-0.05, 0) is 85.5 Å². The first-order valence-electron chi connectivity index (χ1n) is 16.6. The summed E-state index contributed by atoms with van der Waals surface area (Å²) in [5.74, 6) is 2.84. The fraction of sp³-hybridized carbons (Fsp3) is 0.238. The molecule has 0 atom stereocenters. The number of pyridine rings is 1. The third kappa shape index (κ3) is 6.75. The second-order valence-corrected chi connectivity index (χ2v) is 12.9. The zero-order chi connectivity index (χ0) is 32.5. The van der Waals surface area contributed by atoms with Crippen molar-refractivity contribution in [2.24, 2.45) is 5.92 Å². The Morgan fingerprint density at radius 2 is 1.60 bits per heavy atom. The van der Waals surface area contributed by atoms with Crippen molar-refractivity contribution in [1.29, 1.82) is 0 Å². The van der Waals surface area contributed by atoms with E-state index in [0.717, 1.165) is 68.3 Å². The van der Waals surface area contributed by atoms with Gasteiger partial charge < -0.3 is 9.30 Å². The summed E-state index contributed by atoms with van der Waals surface area (Å²) in [6.07, 6.45) is 6.68. The summed E-state index contributed by atoms with van der Waals surface area (Å²) in [6, 6.07) is 38.5. The molecule has 0 aliphatic rings. The van der Waals surface area contributed by atoms with Crippen LogP contribution in [0.3, 0.4) is 0 Å². The third-order valence-electron chi connectivity index (χ3n) is 8.90. The number of hydrogen-bond donors (Lipinski definition) is 0. The standard InChI is InChI=1S/C42H40N4O.Pt/c1-28(2)12-9-10-13-32-18-21-39-38(25-32)37-20-19-36(27-40(37)45(39)41-24-29(3)22-23-43-41)47-35-17-11-16-34(26-35)46-31(5)42(30(4)44-46)33-14-7-6-8-15-33;/h6-8,11,14-25,28H,9-10,12-13H2,1-5H3;/q-2;+2. The van der Waals surface area contributed by atoms with Gasteiger partial charge >= 0.3 is 21.1 Å². The molecule has 0 N–H and O–H groups in total. The van der Waals surface area contributed by atoms with Crippen LogP contribution in [0.2, 0.25) is 0 Å². The molecular weight excluding hydrogens is 772 g/mol. The van der Waals surface area contributed by atoms with Gasteiger partial charge in [0.1, 0.15) is 5.82 Å². The molecule has 7 aromatic rings. The fourth-order valence-electron chi connectivity index (χ4n) is 6.59. The average Bonchev–Trinajstić information content (AvgIpc) is 3.55. The molecule has 0 aliphatic heterocycles. The summed E-state index contributed by atoms with van der Waals surface area (Å²) in [4.78, 5) is 4.77. The molecule has 6 heteroatoms. The van der Waals surface area contributed by atoms with Crippen molar-refractivity contribution in [2.45, 2.75) is 60.3 Å². The molecule has 7 rings (SSSR count). The maximum atomic E-state index is 6.44. The van der Waals surface area contributed by atoms with E-state index in [2.05, 4.69) is 99.0 Å². The Bertz CT molecular complexity index is 2200. The Hall–Kier alpha value is -4.47. The van der Waals surface area contributed by atoms with E-state index in [-0.39, 0.29) is 21.1 Å². The molecule has 0 unspecified atom stereocenters. The van der Waals surface area contributed by atoms with Gasteiger partial charge in [-0.1, -0.05) is 74.7 Å². The van der Waals surface area contributed by atoms with Crippen molar-refractivity contribution in [3.05, 3.63) is 132 Å². The molecular formula is C42H40N4OPt. The zero-order valence-corrected chi connectivity index (χ0v) is 30.4. The van der Waals surface area contributed by atoms with Gasteiger partial charge in [0, 0.05) is 34.5 Å². The van der Waals surface area contributed by atoms with Crippen LogP contribution in [0.25, 0.3) is 44.4 Å². The van der Waals surface area contributed by atoms with Gasteiger partial charge in [-0.15, -0.1) is 35.7 Å². The second-order valence-electron chi connectivity index (χ2n) is 12.9. The van der Waals surface area contributed by atoms with Crippen LogP contribution in [-0.4, -0.2) is 19.3 Å². The summed E-state index contributed by atoms with van der Waals surface area (Å²) in [7, 11) is 0. The van der Waals surface area contributed by atoms with E-state index in [0.29, 0.717) is 11.5 Å². The van der Waals surface area contributed by atoms with Gasteiger partial charge in [0.25, 0.3) is 0 Å². The van der Waals surface area contributed by atoms with Crippen molar-refractivity contribution in [1.82, 2.24) is 19.3 Å². The molecule has 0 aliphatic carbocycles. The Kier molecular flexibility index (Phi) is 9.98. The number of benzene rings is 4. The number of nitrogens with zero attached hydrogens (tertiary/aromatic N) is 4. The number of aryl methyl sites for hydroxylation is 3. The Balaban J connectivity index is 0.00000401. The number of aromatic nitrogens is 4. The van der Waals surface area contributed by atoms with E-state index in [1.54, 1.807) is 0 Å². The van der Waals surface area contributed by atoms with E-state index >= 15 is 0 Å².